The summed E-state index contributed by atoms with van der Waals surface area (Å²) in [7, 11) is 0. The molecule has 0 saturated carbocycles. The number of rotatable bonds is 1. The number of H-pyrrole nitrogens is 1. The molecule has 17 heavy (non-hydrogen) atoms. The van der Waals surface area contributed by atoms with Crippen LogP contribution in [0.15, 0.2) is 11.0 Å². The van der Waals surface area contributed by atoms with Crippen LogP contribution < -0.4 is 5.43 Å². The van der Waals surface area contributed by atoms with Crippen molar-refractivity contribution >= 4 is 12.1 Å². The van der Waals surface area contributed by atoms with Crippen molar-refractivity contribution in [1.29, 1.82) is 0 Å². The van der Waals surface area contributed by atoms with E-state index in [-0.39, 0.29) is 17.7 Å². The first-order valence-corrected chi connectivity index (χ1v) is 4.95. The van der Waals surface area contributed by atoms with E-state index in [1.54, 1.807) is 0 Å². The summed E-state index contributed by atoms with van der Waals surface area (Å²) in [5.41, 5.74) is -0.149. The van der Waals surface area contributed by atoms with Crippen LogP contribution in [0.2, 0.25) is 0 Å². The number of nitrogens with zero attached hydrogens (tertiary/aromatic N) is 1. The molecule has 1 aliphatic rings. The van der Waals surface area contributed by atoms with Gasteiger partial charge in [0.15, 0.2) is 0 Å². The maximum absolute atomic E-state index is 11.8. The monoisotopic (exact) mass is 238 g/mol. The SMILES string of the molecule is O=C(O)c1c[nH]c2c(c1=O)CN(C(=O)O)CC2. The summed E-state index contributed by atoms with van der Waals surface area (Å²) in [5, 5.41) is 17.6. The molecule has 7 heteroatoms. The minimum atomic E-state index is -1.32. The van der Waals surface area contributed by atoms with E-state index in [2.05, 4.69) is 4.98 Å². The second kappa shape index (κ2) is 3.93. The molecule has 0 aromatic carbocycles. The van der Waals surface area contributed by atoms with Gasteiger partial charge in [-0.2, -0.15) is 0 Å². The molecule has 0 aliphatic carbocycles. The first kappa shape index (κ1) is 11.2. The number of carboxylic acids is 1. The molecule has 0 fully saturated rings. The number of hydrogen-bond donors (Lipinski definition) is 3. The minimum Gasteiger partial charge on any atom is -0.477 e. The maximum atomic E-state index is 11.8. The van der Waals surface area contributed by atoms with E-state index < -0.39 is 17.5 Å². The van der Waals surface area contributed by atoms with Gasteiger partial charge in [0, 0.05) is 30.4 Å². The summed E-state index contributed by atoms with van der Waals surface area (Å²) in [4.78, 5) is 37.2. The summed E-state index contributed by atoms with van der Waals surface area (Å²) >= 11 is 0. The summed E-state index contributed by atoms with van der Waals surface area (Å²) in [6.45, 7) is 0.228. The predicted molar refractivity (Wildman–Crippen MR) is 56.2 cm³/mol. The number of nitrogens with one attached hydrogen (secondary N) is 1. The fraction of sp³-hybridized carbons (Fsp3) is 0.300. The molecule has 0 spiro atoms. The largest absolute Gasteiger partial charge is 0.477 e. The van der Waals surface area contributed by atoms with Gasteiger partial charge in [0.25, 0.3) is 0 Å². The van der Waals surface area contributed by atoms with Gasteiger partial charge in [-0.3, -0.25) is 4.79 Å². The third-order valence-corrected chi connectivity index (χ3v) is 2.76. The molecule has 0 atom stereocenters. The Morgan fingerprint density at radius 3 is 2.65 bits per heavy atom. The van der Waals surface area contributed by atoms with Gasteiger partial charge in [0.05, 0.1) is 6.54 Å². The molecule has 1 aliphatic heterocycles. The van der Waals surface area contributed by atoms with E-state index in [1.165, 1.54) is 0 Å². The Labute approximate surface area is 95.3 Å². The van der Waals surface area contributed by atoms with Crippen LogP contribution in [0.5, 0.6) is 0 Å². The molecular formula is C10H10N2O5. The molecule has 0 saturated heterocycles. The smallest absolute Gasteiger partial charge is 0.407 e. The van der Waals surface area contributed by atoms with Crippen LogP contribution in [0.1, 0.15) is 21.6 Å². The summed E-state index contributed by atoms with van der Waals surface area (Å²) in [6, 6.07) is 0. The van der Waals surface area contributed by atoms with Crippen molar-refractivity contribution in [3.05, 3.63) is 33.2 Å². The number of aromatic carboxylic acids is 1. The maximum Gasteiger partial charge on any atom is 0.407 e. The zero-order chi connectivity index (χ0) is 12.6. The predicted octanol–water partition coefficient (Wildman–Crippen LogP) is 0.109. The molecule has 90 valence electrons. The van der Waals surface area contributed by atoms with E-state index in [9.17, 15) is 14.4 Å². The Balaban J connectivity index is 2.48. The van der Waals surface area contributed by atoms with Gasteiger partial charge in [-0.25, -0.2) is 9.59 Å². The molecule has 0 bridgehead atoms. The molecule has 1 aromatic heterocycles. The number of aromatic nitrogens is 1. The van der Waals surface area contributed by atoms with Crippen LogP contribution in [0.4, 0.5) is 4.79 Å². The van der Waals surface area contributed by atoms with E-state index >= 15 is 0 Å². The number of carboxylic acid groups (broad SMARTS) is 2. The van der Waals surface area contributed by atoms with Crippen LogP contribution in [0.25, 0.3) is 0 Å². The zero-order valence-electron chi connectivity index (χ0n) is 8.77. The number of amides is 1. The average molecular weight is 238 g/mol. The number of hydrogen-bond acceptors (Lipinski definition) is 3. The fourth-order valence-corrected chi connectivity index (χ4v) is 1.84. The Kier molecular flexibility index (Phi) is 2.58. The summed E-state index contributed by atoms with van der Waals surface area (Å²) in [5.74, 6) is -1.32. The Hall–Kier alpha value is -2.31. The molecule has 1 aromatic rings. The minimum absolute atomic E-state index is 0.0683. The van der Waals surface area contributed by atoms with Crippen LogP contribution in [0, 0.1) is 0 Å². The molecule has 0 unspecified atom stereocenters. The molecular weight excluding hydrogens is 228 g/mol. The molecule has 1 amide bonds. The Bertz CT molecular complexity index is 548. The third kappa shape index (κ3) is 1.86. The normalized spacial score (nSPS) is 14.2. The Morgan fingerprint density at radius 2 is 2.06 bits per heavy atom. The van der Waals surface area contributed by atoms with E-state index in [0.29, 0.717) is 18.7 Å². The third-order valence-electron chi connectivity index (χ3n) is 2.76. The lowest BCUT2D eigenvalue weighted by atomic mass is 10.0. The van der Waals surface area contributed by atoms with Gasteiger partial charge >= 0.3 is 12.1 Å². The molecule has 2 heterocycles. The van der Waals surface area contributed by atoms with E-state index in [1.807, 2.05) is 0 Å². The van der Waals surface area contributed by atoms with Crippen molar-refractivity contribution in [2.75, 3.05) is 6.54 Å². The fourth-order valence-electron chi connectivity index (χ4n) is 1.84. The highest BCUT2D eigenvalue weighted by Crippen LogP contribution is 2.14. The lowest BCUT2D eigenvalue weighted by Gasteiger charge is -2.25. The Morgan fingerprint density at radius 1 is 1.35 bits per heavy atom. The first-order valence-electron chi connectivity index (χ1n) is 4.95. The topological polar surface area (TPSA) is 111 Å². The van der Waals surface area contributed by atoms with Crippen LogP contribution in [-0.4, -0.2) is 38.7 Å². The number of fused-ring (bicyclic) bond motifs is 1. The van der Waals surface area contributed by atoms with Crippen molar-refractivity contribution in [1.82, 2.24) is 9.88 Å². The van der Waals surface area contributed by atoms with Gasteiger partial charge in [-0.1, -0.05) is 0 Å². The van der Waals surface area contributed by atoms with E-state index in [4.69, 9.17) is 10.2 Å². The average Bonchev–Trinajstić information content (AvgIpc) is 2.28. The molecule has 3 N–H and O–H groups in total. The van der Waals surface area contributed by atoms with Crippen molar-refractivity contribution in [2.24, 2.45) is 0 Å². The van der Waals surface area contributed by atoms with Crippen molar-refractivity contribution in [3.63, 3.8) is 0 Å². The highest BCUT2D eigenvalue weighted by Gasteiger charge is 2.24. The second-order valence-electron chi connectivity index (χ2n) is 3.75. The van der Waals surface area contributed by atoms with Gasteiger partial charge in [0.1, 0.15) is 5.56 Å². The summed E-state index contributed by atoms with van der Waals surface area (Å²) in [6.07, 6.45) is 0.423. The quantitative estimate of drug-likeness (QED) is 0.643. The van der Waals surface area contributed by atoms with Crippen molar-refractivity contribution < 1.29 is 19.8 Å². The second-order valence-corrected chi connectivity index (χ2v) is 3.75. The van der Waals surface area contributed by atoms with Crippen molar-refractivity contribution in [2.45, 2.75) is 13.0 Å². The zero-order valence-corrected chi connectivity index (χ0v) is 8.77. The van der Waals surface area contributed by atoms with Crippen LogP contribution in [0.3, 0.4) is 0 Å². The number of carbonyl (C=O) groups is 2. The molecule has 2 rings (SSSR count). The lowest BCUT2D eigenvalue weighted by Crippen LogP contribution is -2.39. The molecule has 0 radical (unpaired) electrons. The summed E-state index contributed by atoms with van der Waals surface area (Å²) < 4.78 is 0. The van der Waals surface area contributed by atoms with Crippen LogP contribution in [-0.2, 0) is 13.0 Å². The van der Waals surface area contributed by atoms with Crippen LogP contribution >= 0.6 is 0 Å². The van der Waals surface area contributed by atoms with Gasteiger partial charge in [-0.15, -0.1) is 0 Å². The first-order chi connectivity index (χ1) is 8.00. The van der Waals surface area contributed by atoms with Gasteiger partial charge in [-0.05, 0) is 0 Å². The van der Waals surface area contributed by atoms with Gasteiger partial charge in [0.2, 0.25) is 5.43 Å². The lowest BCUT2D eigenvalue weighted by molar-refractivity contribution is 0.0694. The highest BCUT2D eigenvalue weighted by molar-refractivity contribution is 5.87. The van der Waals surface area contributed by atoms with Crippen molar-refractivity contribution in [3.8, 4) is 0 Å². The van der Waals surface area contributed by atoms with Gasteiger partial charge < -0.3 is 20.1 Å². The highest BCUT2D eigenvalue weighted by atomic mass is 16.4. The molecule has 7 nitrogen and oxygen atoms in total. The number of aromatic amines is 1. The van der Waals surface area contributed by atoms with E-state index in [0.717, 1.165) is 11.1 Å². The number of pyridine rings is 1. The standard InChI is InChI=1S/C10H10N2O5/c13-8-5(9(14)15)3-11-7-1-2-12(10(16)17)4-6(7)8/h3H,1-2,4H2,(H,11,13)(H,14,15)(H,16,17).